The lowest BCUT2D eigenvalue weighted by atomic mass is 10.1. The molecule has 2 heterocycles. The monoisotopic (exact) mass is 184 g/mol. The average Bonchev–Trinajstić information content (AvgIpc) is 2.78. The third-order valence-corrected chi connectivity index (χ3v) is 2.18. The van der Waals surface area contributed by atoms with Crippen molar-refractivity contribution in [1.82, 2.24) is 20.0 Å². The number of aromatic nitrogens is 4. The summed E-state index contributed by atoms with van der Waals surface area (Å²) < 4.78 is 1.66. The van der Waals surface area contributed by atoms with E-state index in [0.29, 0.717) is 0 Å². The summed E-state index contributed by atoms with van der Waals surface area (Å²) in [4.78, 5) is 0. The van der Waals surface area contributed by atoms with E-state index in [1.807, 2.05) is 24.3 Å². The molecule has 0 aliphatic heterocycles. The van der Waals surface area contributed by atoms with Gasteiger partial charge in [0, 0.05) is 0 Å². The lowest BCUT2D eigenvalue weighted by molar-refractivity contribution is 0.760. The van der Waals surface area contributed by atoms with Crippen LogP contribution in [0.2, 0.25) is 0 Å². The number of aromatic amines is 1. The van der Waals surface area contributed by atoms with Crippen molar-refractivity contribution in [1.29, 1.82) is 0 Å². The molecule has 1 aromatic carbocycles. The number of nitrogens with zero attached hydrogens (tertiary/aromatic N) is 3. The van der Waals surface area contributed by atoms with Crippen LogP contribution in [0, 0.1) is 0 Å². The van der Waals surface area contributed by atoms with Crippen molar-refractivity contribution in [2.75, 3.05) is 0 Å². The molecule has 3 aromatic rings. The number of benzene rings is 1. The van der Waals surface area contributed by atoms with Gasteiger partial charge in [-0.2, -0.15) is 4.63 Å². The number of hydrogen-bond acceptors (Lipinski definition) is 2. The van der Waals surface area contributed by atoms with Crippen molar-refractivity contribution >= 4 is 5.52 Å². The molecule has 0 saturated heterocycles. The van der Waals surface area contributed by atoms with Gasteiger partial charge in [-0.05, 0) is 16.8 Å². The molecule has 0 radical (unpaired) electrons. The molecule has 4 nitrogen and oxygen atoms in total. The van der Waals surface area contributed by atoms with Gasteiger partial charge in [0.25, 0.3) is 0 Å². The minimum absolute atomic E-state index is 0.976. The Labute approximate surface area is 80.2 Å². The van der Waals surface area contributed by atoms with Gasteiger partial charge in [0.05, 0.1) is 11.9 Å². The van der Waals surface area contributed by atoms with E-state index in [4.69, 9.17) is 0 Å². The molecule has 1 N–H and O–H groups in total. The molecule has 0 atom stereocenters. The van der Waals surface area contributed by atoms with E-state index in [-0.39, 0.29) is 0 Å². The van der Waals surface area contributed by atoms with Gasteiger partial charge in [-0.15, -0.1) is 5.10 Å². The summed E-state index contributed by atoms with van der Waals surface area (Å²) in [6.07, 6.45) is 1.73. The third-order valence-electron chi connectivity index (χ3n) is 2.18. The molecule has 0 bridgehead atoms. The van der Waals surface area contributed by atoms with Crippen molar-refractivity contribution in [2.24, 2.45) is 0 Å². The van der Waals surface area contributed by atoms with Crippen molar-refractivity contribution in [3.8, 4) is 11.3 Å². The molecule has 4 heteroatoms. The molecule has 2 aromatic heterocycles. The second kappa shape index (κ2) is 2.70. The smallest absolute Gasteiger partial charge is 0.107 e. The van der Waals surface area contributed by atoms with Crippen LogP contribution in [0.15, 0.2) is 42.6 Å². The van der Waals surface area contributed by atoms with Crippen molar-refractivity contribution < 1.29 is 0 Å². The Bertz CT molecular complexity index is 521. The molecular weight excluding hydrogens is 176 g/mol. The summed E-state index contributed by atoms with van der Waals surface area (Å²) in [5, 5.41) is 10.8. The zero-order valence-electron chi connectivity index (χ0n) is 7.38. The van der Waals surface area contributed by atoms with Crippen LogP contribution in [0.1, 0.15) is 0 Å². The first-order valence-electron chi connectivity index (χ1n) is 4.38. The van der Waals surface area contributed by atoms with Gasteiger partial charge < -0.3 is 0 Å². The molecule has 0 fully saturated rings. The average molecular weight is 184 g/mol. The lowest BCUT2D eigenvalue weighted by Gasteiger charge is -1.94. The lowest BCUT2D eigenvalue weighted by Crippen LogP contribution is -1.87. The molecule has 68 valence electrons. The fourth-order valence-electron chi connectivity index (χ4n) is 1.49. The topological polar surface area (TPSA) is 46.0 Å². The Balaban J connectivity index is 2.19. The van der Waals surface area contributed by atoms with Crippen LogP contribution in [0.4, 0.5) is 0 Å². The van der Waals surface area contributed by atoms with Crippen molar-refractivity contribution in [2.45, 2.75) is 0 Å². The molecule has 3 rings (SSSR count). The molecule has 0 aliphatic rings. The largest absolute Gasteiger partial charge is 0.276 e. The van der Waals surface area contributed by atoms with Gasteiger partial charge in [-0.1, -0.05) is 30.3 Å². The quantitative estimate of drug-likeness (QED) is 0.626. The molecule has 0 aliphatic carbocycles. The van der Waals surface area contributed by atoms with Crippen LogP contribution in [-0.2, 0) is 0 Å². The third kappa shape index (κ3) is 1.01. The highest BCUT2D eigenvalue weighted by atomic mass is 15.5. The first kappa shape index (κ1) is 7.32. The normalized spacial score (nSPS) is 10.9. The number of nitrogens with one attached hydrogen (secondary N) is 1. The van der Waals surface area contributed by atoms with Crippen LogP contribution in [-0.4, -0.2) is 20.0 Å². The predicted octanol–water partition coefficient (Wildman–Crippen LogP) is 1.72. The highest BCUT2D eigenvalue weighted by Gasteiger charge is 2.02. The summed E-state index contributed by atoms with van der Waals surface area (Å²) in [5.41, 5.74) is 3.18. The first-order chi connectivity index (χ1) is 6.93. The van der Waals surface area contributed by atoms with Gasteiger partial charge in [-0.25, -0.2) is 0 Å². The summed E-state index contributed by atoms with van der Waals surface area (Å²) in [5.74, 6) is 0. The Morgan fingerprint density at radius 3 is 2.79 bits per heavy atom. The molecule has 14 heavy (non-hydrogen) atoms. The summed E-state index contributed by atoms with van der Waals surface area (Å²) in [7, 11) is 0. The molecule has 0 spiro atoms. The summed E-state index contributed by atoms with van der Waals surface area (Å²) >= 11 is 0. The number of hydrogen-bond donors (Lipinski definition) is 1. The van der Waals surface area contributed by atoms with Gasteiger partial charge in [0.15, 0.2) is 0 Å². The van der Waals surface area contributed by atoms with E-state index in [9.17, 15) is 0 Å². The van der Waals surface area contributed by atoms with E-state index in [0.717, 1.165) is 16.8 Å². The van der Waals surface area contributed by atoms with Crippen molar-refractivity contribution in [3.63, 3.8) is 0 Å². The Morgan fingerprint density at radius 2 is 2.00 bits per heavy atom. The SMILES string of the molecule is c1ccc(-c2cc3cnnn3[nH]2)cc1. The Morgan fingerprint density at radius 1 is 1.14 bits per heavy atom. The van der Waals surface area contributed by atoms with E-state index in [1.54, 1.807) is 10.8 Å². The van der Waals surface area contributed by atoms with E-state index >= 15 is 0 Å². The number of H-pyrrole nitrogens is 1. The molecule has 0 unspecified atom stereocenters. The maximum absolute atomic E-state index is 3.88. The molecule has 0 saturated carbocycles. The highest BCUT2D eigenvalue weighted by Crippen LogP contribution is 2.17. The zero-order valence-corrected chi connectivity index (χ0v) is 7.38. The van der Waals surface area contributed by atoms with Crippen LogP contribution < -0.4 is 0 Å². The van der Waals surface area contributed by atoms with Crippen LogP contribution in [0.25, 0.3) is 16.8 Å². The van der Waals surface area contributed by atoms with Gasteiger partial charge in [-0.3, -0.25) is 5.10 Å². The second-order valence-corrected chi connectivity index (χ2v) is 3.11. The standard InChI is InChI=1S/C10H8N4/c1-2-4-8(5-3-1)10-6-9-7-11-13-14(9)12-10/h1-7,12H. The number of fused-ring (bicyclic) bond motifs is 1. The van der Waals surface area contributed by atoms with Crippen LogP contribution in [0.3, 0.4) is 0 Å². The van der Waals surface area contributed by atoms with E-state index in [1.165, 1.54) is 0 Å². The number of rotatable bonds is 1. The summed E-state index contributed by atoms with van der Waals surface area (Å²) in [6, 6.07) is 12.2. The minimum atomic E-state index is 0.976. The summed E-state index contributed by atoms with van der Waals surface area (Å²) in [6.45, 7) is 0. The maximum Gasteiger partial charge on any atom is 0.107 e. The van der Waals surface area contributed by atoms with Crippen LogP contribution in [0.5, 0.6) is 0 Å². The molecular formula is C10H8N4. The fraction of sp³-hybridized carbons (Fsp3) is 0. The van der Waals surface area contributed by atoms with Gasteiger partial charge in [0.1, 0.15) is 5.52 Å². The van der Waals surface area contributed by atoms with Crippen LogP contribution >= 0.6 is 0 Å². The van der Waals surface area contributed by atoms with E-state index < -0.39 is 0 Å². The van der Waals surface area contributed by atoms with Crippen molar-refractivity contribution in [3.05, 3.63) is 42.6 Å². The Kier molecular flexibility index (Phi) is 1.41. The zero-order chi connectivity index (χ0) is 9.38. The van der Waals surface area contributed by atoms with Gasteiger partial charge in [0.2, 0.25) is 0 Å². The maximum atomic E-state index is 3.88. The second-order valence-electron chi connectivity index (χ2n) is 3.11. The first-order valence-corrected chi connectivity index (χ1v) is 4.38. The molecule has 0 amide bonds. The van der Waals surface area contributed by atoms with Gasteiger partial charge >= 0.3 is 0 Å². The van der Waals surface area contributed by atoms with E-state index in [2.05, 4.69) is 27.5 Å². The Hall–Kier alpha value is -2.10. The minimum Gasteiger partial charge on any atom is -0.276 e. The predicted molar refractivity (Wildman–Crippen MR) is 52.8 cm³/mol. The highest BCUT2D eigenvalue weighted by molar-refractivity contribution is 5.64. The fourth-order valence-corrected chi connectivity index (χ4v) is 1.49.